The molecule has 0 saturated carbocycles. The van der Waals surface area contributed by atoms with Crippen molar-refractivity contribution < 1.29 is 8.42 Å². The molecule has 0 atom stereocenters. The lowest BCUT2D eigenvalue weighted by Crippen LogP contribution is -2.33. The largest absolute Gasteiger partial charge is 0.398 e. The van der Waals surface area contributed by atoms with Crippen LogP contribution in [0.15, 0.2) is 17.0 Å². The number of nitrogen functional groups attached to an aromatic ring is 1. The van der Waals surface area contributed by atoms with Crippen LogP contribution >= 0.6 is 0 Å². The molecule has 0 unspecified atom stereocenters. The first-order valence-electron chi connectivity index (χ1n) is 6.72. The number of benzene rings is 1. The minimum absolute atomic E-state index is 0.366. The Balaban J connectivity index is 3.30. The highest BCUT2D eigenvalue weighted by Gasteiger charge is 2.26. The topological polar surface area (TPSA) is 63.4 Å². The molecule has 19 heavy (non-hydrogen) atoms. The first kappa shape index (κ1) is 16.0. The standard InChI is InChI=1S/C14H24N2O2S/c1-5-7-10-16(6-2)19(17,18)14-11(3)8-9-13(15)12(14)4/h8-9H,5-7,10,15H2,1-4H3. The minimum Gasteiger partial charge on any atom is -0.398 e. The van der Waals surface area contributed by atoms with Gasteiger partial charge in [-0.3, -0.25) is 0 Å². The van der Waals surface area contributed by atoms with Crippen molar-refractivity contribution in [3.8, 4) is 0 Å². The number of nitrogens with two attached hydrogens (primary N) is 1. The van der Waals surface area contributed by atoms with Gasteiger partial charge in [-0.2, -0.15) is 4.31 Å². The molecule has 5 heteroatoms. The quantitative estimate of drug-likeness (QED) is 0.817. The summed E-state index contributed by atoms with van der Waals surface area (Å²) < 4.78 is 27.0. The Morgan fingerprint density at radius 1 is 1.21 bits per heavy atom. The SMILES string of the molecule is CCCCN(CC)S(=O)(=O)c1c(C)ccc(N)c1C. The fraction of sp³-hybridized carbons (Fsp3) is 0.571. The number of hydrogen-bond donors (Lipinski definition) is 1. The van der Waals surface area contributed by atoms with Gasteiger partial charge in [-0.15, -0.1) is 0 Å². The van der Waals surface area contributed by atoms with Gasteiger partial charge in [-0.25, -0.2) is 8.42 Å². The van der Waals surface area contributed by atoms with Gasteiger partial charge in [0.2, 0.25) is 10.0 Å². The predicted octanol–water partition coefficient (Wildman–Crippen LogP) is 2.70. The molecule has 0 radical (unpaired) electrons. The summed E-state index contributed by atoms with van der Waals surface area (Å²) in [4.78, 5) is 0.366. The normalized spacial score (nSPS) is 12.1. The van der Waals surface area contributed by atoms with Gasteiger partial charge in [0.15, 0.2) is 0 Å². The van der Waals surface area contributed by atoms with E-state index in [0.717, 1.165) is 18.4 Å². The van der Waals surface area contributed by atoms with Crippen molar-refractivity contribution in [1.29, 1.82) is 0 Å². The van der Waals surface area contributed by atoms with E-state index < -0.39 is 10.0 Å². The zero-order valence-corrected chi connectivity index (χ0v) is 13.0. The lowest BCUT2D eigenvalue weighted by atomic mass is 10.1. The van der Waals surface area contributed by atoms with Gasteiger partial charge >= 0.3 is 0 Å². The Morgan fingerprint density at radius 2 is 1.84 bits per heavy atom. The van der Waals surface area contributed by atoms with Crippen molar-refractivity contribution in [2.45, 2.75) is 45.4 Å². The zero-order valence-electron chi connectivity index (χ0n) is 12.2. The second kappa shape index (κ2) is 6.39. The van der Waals surface area contributed by atoms with Crippen LogP contribution < -0.4 is 5.73 Å². The van der Waals surface area contributed by atoms with E-state index >= 15 is 0 Å². The monoisotopic (exact) mass is 284 g/mol. The van der Waals surface area contributed by atoms with E-state index in [1.165, 1.54) is 4.31 Å². The molecular weight excluding hydrogens is 260 g/mol. The molecule has 108 valence electrons. The van der Waals surface area contributed by atoms with Gasteiger partial charge in [0.1, 0.15) is 0 Å². The first-order chi connectivity index (χ1) is 8.86. The van der Waals surface area contributed by atoms with Crippen LogP contribution in [-0.2, 0) is 10.0 Å². The Bertz CT molecular complexity index is 539. The third-order valence-corrected chi connectivity index (χ3v) is 5.62. The third-order valence-electron chi connectivity index (χ3n) is 3.36. The molecular formula is C14H24N2O2S. The van der Waals surface area contributed by atoms with Crippen molar-refractivity contribution in [1.82, 2.24) is 4.31 Å². The highest BCUT2D eigenvalue weighted by Crippen LogP contribution is 2.27. The summed E-state index contributed by atoms with van der Waals surface area (Å²) in [7, 11) is -3.45. The lowest BCUT2D eigenvalue weighted by molar-refractivity contribution is 0.418. The van der Waals surface area contributed by atoms with E-state index in [-0.39, 0.29) is 0 Å². The molecule has 1 rings (SSSR count). The lowest BCUT2D eigenvalue weighted by Gasteiger charge is -2.23. The number of aryl methyl sites for hydroxylation is 1. The van der Waals surface area contributed by atoms with Crippen LogP contribution in [-0.4, -0.2) is 25.8 Å². The molecule has 0 aromatic heterocycles. The maximum Gasteiger partial charge on any atom is 0.243 e. The van der Waals surface area contributed by atoms with Gasteiger partial charge in [0.05, 0.1) is 4.90 Å². The number of nitrogens with zero attached hydrogens (tertiary/aromatic N) is 1. The van der Waals surface area contributed by atoms with Gasteiger partial charge in [0.25, 0.3) is 0 Å². The molecule has 0 bridgehead atoms. The molecule has 0 aliphatic heterocycles. The van der Waals surface area contributed by atoms with E-state index in [1.54, 1.807) is 19.1 Å². The average molecular weight is 284 g/mol. The van der Waals surface area contributed by atoms with E-state index in [1.807, 2.05) is 13.8 Å². The van der Waals surface area contributed by atoms with Crippen molar-refractivity contribution in [2.75, 3.05) is 18.8 Å². The van der Waals surface area contributed by atoms with Crippen LogP contribution in [0.5, 0.6) is 0 Å². The van der Waals surface area contributed by atoms with Crippen LogP contribution in [0.25, 0.3) is 0 Å². The van der Waals surface area contributed by atoms with Crippen molar-refractivity contribution in [3.63, 3.8) is 0 Å². The summed E-state index contributed by atoms with van der Waals surface area (Å²) in [5, 5.41) is 0. The second-order valence-electron chi connectivity index (χ2n) is 4.78. The highest BCUT2D eigenvalue weighted by molar-refractivity contribution is 7.89. The number of sulfonamides is 1. The number of rotatable bonds is 6. The van der Waals surface area contributed by atoms with E-state index in [0.29, 0.717) is 29.2 Å². The van der Waals surface area contributed by atoms with Crippen molar-refractivity contribution in [2.24, 2.45) is 0 Å². The summed E-state index contributed by atoms with van der Waals surface area (Å²) in [6, 6.07) is 3.52. The number of anilines is 1. The predicted molar refractivity (Wildman–Crippen MR) is 79.7 cm³/mol. The fourth-order valence-electron chi connectivity index (χ4n) is 2.15. The first-order valence-corrected chi connectivity index (χ1v) is 8.16. The molecule has 0 aliphatic rings. The molecule has 0 saturated heterocycles. The summed E-state index contributed by atoms with van der Waals surface area (Å²) in [5.74, 6) is 0. The zero-order chi connectivity index (χ0) is 14.6. The smallest absolute Gasteiger partial charge is 0.243 e. The maximum absolute atomic E-state index is 12.7. The molecule has 0 spiro atoms. The summed E-state index contributed by atoms with van der Waals surface area (Å²) >= 11 is 0. The summed E-state index contributed by atoms with van der Waals surface area (Å²) in [6.07, 6.45) is 1.84. The molecule has 0 aliphatic carbocycles. The molecule has 4 nitrogen and oxygen atoms in total. The van der Waals surface area contributed by atoms with Gasteiger partial charge in [0, 0.05) is 18.8 Å². The van der Waals surface area contributed by atoms with E-state index in [2.05, 4.69) is 6.92 Å². The van der Waals surface area contributed by atoms with Gasteiger partial charge in [-0.1, -0.05) is 26.3 Å². The molecule has 0 amide bonds. The fourth-order valence-corrected chi connectivity index (χ4v) is 4.10. The number of unbranched alkanes of at least 4 members (excludes halogenated alkanes) is 1. The van der Waals surface area contributed by atoms with Gasteiger partial charge < -0.3 is 5.73 Å². The van der Waals surface area contributed by atoms with E-state index in [9.17, 15) is 8.42 Å². The van der Waals surface area contributed by atoms with E-state index in [4.69, 9.17) is 5.73 Å². The third kappa shape index (κ3) is 3.28. The molecule has 1 aromatic rings. The molecule has 0 fully saturated rings. The Hall–Kier alpha value is -1.07. The number of hydrogen-bond acceptors (Lipinski definition) is 3. The Morgan fingerprint density at radius 3 is 2.37 bits per heavy atom. The summed E-state index contributed by atoms with van der Waals surface area (Å²) in [6.45, 7) is 8.54. The molecule has 2 N–H and O–H groups in total. The van der Waals surface area contributed by atoms with Crippen molar-refractivity contribution >= 4 is 15.7 Å². The average Bonchev–Trinajstić information content (AvgIpc) is 2.34. The Kier molecular flexibility index (Phi) is 5.38. The summed E-state index contributed by atoms with van der Waals surface area (Å²) in [5.41, 5.74) is 7.77. The minimum atomic E-state index is -3.45. The van der Waals surface area contributed by atoms with Crippen LogP contribution in [0.2, 0.25) is 0 Å². The highest BCUT2D eigenvalue weighted by atomic mass is 32.2. The van der Waals surface area contributed by atoms with Crippen molar-refractivity contribution in [3.05, 3.63) is 23.3 Å². The second-order valence-corrected chi connectivity index (χ2v) is 6.65. The Labute approximate surface area is 116 Å². The maximum atomic E-state index is 12.7. The molecule has 0 heterocycles. The molecule has 1 aromatic carbocycles. The van der Waals surface area contributed by atoms with Crippen LogP contribution in [0, 0.1) is 13.8 Å². The van der Waals surface area contributed by atoms with Crippen LogP contribution in [0.4, 0.5) is 5.69 Å². The van der Waals surface area contributed by atoms with Crippen LogP contribution in [0.3, 0.4) is 0 Å². The van der Waals surface area contributed by atoms with Gasteiger partial charge in [-0.05, 0) is 37.5 Å². The van der Waals surface area contributed by atoms with Crippen LogP contribution in [0.1, 0.15) is 37.8 Å².